The molecule has 0 amide bonds. The molecule has 0 spiro atoms. The lowest BCUT2D eigenvalue weighted by Gasteiger charge is -2.28. The van der Waals surface area contributed by atoms with Crippen LogP contribution in [0.1, 0.15) is 37.0 Å². The van der Waals surface area contributed by atoms with Crippen LogP contribution in [0.3, 0.4) is 0 Å². The molecule has 6 nitrogen and oxygen atoms in total. The number of hydrogen-bond donors (Lipinski definition) is 3. The minimum Gasteiger partial charge on any atom is -0.489 e. The van der Waals surface area contributed by atoms with E-state index in [1.165, 1.54) is 24.3 Å². The number of epoxide rings is 1. The predicted molar refractivity (Wildman–Crippen MR) is 140 cm³/mol. The van der Waals surface area contributed by atoms with Crippen molar-refractivity contribution in [1.29, 1.82) is 0 Å². The molecule has 8 heteroatoms. The Hall–Kier alpha value is -3.04. The molecule has 4 unspecified atom stereocenters. The van der Waals surface area contributed by atoms with Crippen LogP contribution in [-0.2, 0) is 24.2 Å². The number of fused-ring (bicyclic) bond motifs is 1. The molecule has 206 valence electrons. The summed E-state index contributed by atoms with van der Waals surface area (Å²) >= 11 is 0. The van der Waals surface area contributed by atoms with Crippen molar-refractivity contribution in [3.05, 3.63) is 95.1 Å². The first kappa shape index (κ1) is 29.5. The number of rotatable bonds is 9. The van der Waals surface area contributed by atoms with Crippen molar-refractivity contribution < 1.29 is 38.3 Å². The maximum Gasteiger partial charge on any atom is 0.127 e. The Morgan fingerprint density at radius 3 is 2.39 bits per heavy atom. The number of ether oxygens (including phenoxy) is 3. The molecule has 1 saturated heterocycles. The summed E-state index contributed by atoms with van der Waals surface area (Å²) in [6, 6.07) is 18.8. The van der Waals surface area contributed by atoms with Crippen LogP contribution in [0.15, 0.2) is 66.7 Å². The van der Waals surface area contributed by atoms with Crippen molar-refractivity contribution in [3.63, 3.8) is 0 Å². The zero-order chi connectivity index (χ0) is 26.2. The zero-order valence-electron chi connectivity index (χ0n) is 20.4. The highest BCUT2D eigenvalue weighted by Crippen LogP contribution is 2.30. The third kappa shape index (κ3) is 8.23. The van der Waals surface area contributed by atoms with Gasteiger partial charge in [0.1, 0.15) is 48.1 Å². The van der Waals surface area contributed by atoms with E-state index < -0.39 is 12.2 Å². The lowest BCUT2D eigenvalue weighted by Crippen LogP contribution is -2.37. The molecule has 4 atom stereocenters. The van der Waals surface area contributed by atoms with Crippen molar-refractivity contribution in [2.45, 2.75) is 64.1 Å². The van der Waals surface area contributed by atoms with Gasteiger partial charge in [-0.05, 0) is 78.8 Å². The predicted octanol–water partition coefficient (Wildman–Crippen LogP) is 4.61. The van der Waals surface area contributed by atoms with Gasteiger partial charge in [-0.1, -0.05) is 37.8 Å². The minimum atomic E-state index is -0.872. The van der Waals surface area contributed by atoms with Crippen LogP contribution in [-0.4, -0.2) is 52.9 Å². The SMILES string of the molecule is C.OCC(O)C1CCc2cc(F)ccc2O1.OCC1OC1CCc1cc(F)ccc1OCc1ccccc1. The Labute approximate surface area is 222 Å². The Kier molecular flexibility index (Phi) is 11.0. The molecule has 38 heavy (non-hydrogen) atoms. The maximum absolute atomic E-state index is 13.5. The highest BCUT2D eigenvalue weighted by Gasteiger charge is 2.37. The fraction of sp³-hybridized carbons (Fsp3) is 0.400. The van der Waals surface area contributed by atoms with Gasteiger partial charge >= 0.3 is 0 Å². The maximum atomic E-state index is 13.5. The van der Waals surface area contributed by atoms with E-state index in [2.05, 4.69) is 0 Å². The van der Waals surface area contributed by atoms with Gasteiger partial charge in [0.05, 0.1) is 19.3 Å². The summed E-state index contributed by atoms with van der Waals surface area (Å²) in [7, 11) is 0. The van der Waals surface area contributed by atoms with E-state index in [1.807, 2.05) is 30.3 Å². The quantitative estimate of drug-likeness (QED) is 0.350. The lowest BCUT2D eigenvalue weighted by atomic mass is 9.99. The molecule has 0 bridgehead atoms. The van der Waals surface area contributed by atoms with Crippen LogP contribution in [0, 0.1) is 11.6 Å². The van der Waals surface area contributed by atoms with Crippen molar-refractivity contribution in [2.75, 3.05) is 13.2 Å². The first-order valence-electron chi connectivity index (χ1n) is 12.4. The van der Waals surface area contributed by atoms with Gasteiger partial charge in [0, 0.05) is 0 Å². The fourth-order valence-electron chi connectivity index (χ4n) is 4.28. The Morgan fingerprint density at radius 2 is 1.68 bits per heavy atom. The van der Waals surface area contributed by atoms with E-state index in [-0.39, 0.29) is 44.5 Å². The molecule has 0 aliphatic carbocycles. The summed E-state index contributed by atoms with van der Waals surface area (Å²) in [6.45, 7) is 0.186. The molecule has 1 fully saturated rings. The monoisotopic (exact) mass is 530 g/mol. The van der Waals surface area contributed by atoms with Gasteiger partial charge < -0.3 is 29.5 Å². The third-order valence-electron chi connectivity index (χ3n) is 6.44. The normalized spacial score (nSPS) is 20.1. The Morgan fingerprint density at radius 1 is 0.947 bits per heavy atom. The molecule has 3 aromatic rings. The van der Waals surface area contributed by atoms with Crippen LogP contribution >= 0.6 is 0 Å². The first-order chi connectivity index (χ1) is 18.0. The van der Waals surface area contributed by atoms with Crippen LogP contribution < -0.4 is 9.47 Å². The van der Waals surface area contributed by atoms with Gasteiger partial charge in [-0.25, -0.2) is 8.78 Å². The van der Waals surface area contributed by atoms with Gasteiger partial charge in [-0.2, -0.15) is 0 Å². The zero-order valence-corrected chi connectivity index (χ0v) is 20.4. The van der Waals surface area contributed by atoms with E-state index in [0.717, 1.165) is 23.1 Å². The average molecular weight is 531 g/mol. The van der Waals surface area contributed by atoms with Gasteiger partial charge in [0.2, 0.25) is 0 Å². The molecule has 3 aromatic carbocycles. The summed E-state index contributed by atoms with van der Waals surface area (Å²) in [5.74, 6) is 0.752. The summed E-state index contributed by atoms with van der Waals surface area (Å²) in [5.41, 5.74) is 2.73. The topological polar surface area (TPSA) is 91.7 Å². The molecule has 2 aliphatic heterocycles. The standard InChI is InChI=1S/C18H19FO3.C11H13FO3.CH4/c19-15-7-9-16(21-12-13-4-2-1-3-5-13)14(10-15)6-8-17-18(11-20)22-17;12-8-2-4-10-7(5-8)1-3-11(15-10)9(14)6-13;/h1-5,7,9-10,17-18,20H,6,8,11-12H2;2,4-5,9,11,13-14H,1,3,6H2;1H4. The fourth-order valence-corrected chi connectivity index (χ4v) is 4.28. The van der Waals surface area contributed by atoms with E-state index in [0.29, 0.717) is 37.4 Å². The van der Waals surface area contributed by atoms with Gasteiger partial charge in [0.15, 0.2) is 0 Å². The smallest absolute Gasteiger partial charge is 0.127 e. The molecule has 5 rings (SSSR count). The second-order valence-electron chi connectivity index (χ2n) is 9.16. The van der Waals surface area contributed by atoms with Crippen LogP contribution in [0.2, 0.25) is 0 Å². The largest absolute Gasteiger partial charge is 0.489 e. The average Bonchev–Trinajstić information content (AvgIpc) is 3.70. The lowest BCUT2D eigenvalue weighted by molar-refractivity contribution is -0.00965. The second-order valence-corrected chi connectivity index (χ2v) is 9.16. The molecule has 2 aliphatic rings. The molecule has 2 heterocycles. The number of hydrogen-bond acceptors (Lipinski definition) is 6. The molecule has 0 radical (unpaired) electrons. The summed E-state index contributed by atoms with van der Waals surface area (Å²) in [5, 5.41) is 27.2. The number of halogens is 2. The molecule has 3 N–H and O–H groups in total. The highest BCUT2D eigenvalue weighted by atomic mass is 19.1. The molecular formula is C30H36F2O6. The molecule has 0 saturated carbocycles. The first-order valence-corrected chi connectivity index (χ1v) is 12.4. The van der Waals surface area contributed by atoms with Crippen LogP contribution in [0.4, 0.5) is 8.78 Å². The van der Waals surface area contributed by atoms with Crippen molar-refractivity contribution in [2.24, 2.45) is 0 Å². The minimum absolute atomic E-state index is 0. The van der Waals surface area contributed by atoms with E-state index in [9.17, 15) is 13.9 Å². The van der Waals surface area contributed by atoms with Crippen molar-refractivity contribution in [3.8, 4) is 11.5 Å². The number of aryl methyl sites for hydroxylation is 2. The van der Waals surface area contributed by atoms with E-state index in [4.69, 9.17) is 24.4 Å². The summed E-state index contributed by atoms with van der Waals surface area (Å²) in [6.07, 6.45) is 1.44. The van der Waals surface area contributed by atoms with Gasteiger partial charge in [-0.3, -0.25) is 0 Å². The molecular weight excluding hydrogens is 494 g/mol. The van der Waals surface area contributed by atoms with Crippen LogP contribution in [0.25, 0.3) is 0 Å². The van der Waals surface area contributed by atoms with Gasteiger partial charge in [-0.15, -0.1) is 0 Å². The number of aliphatic hydroxyl groups excluding tert-OH is 3. The Bertz CT molecular complexity index is 1140. The van der Waals surface area contributed by atoms with Crippen molar-refractivity contribution in [1.82, 2.24) is 0 Å². The van der Waals surface area contributed by atoms with Crippen molar-refractivity contribution >= 4 is 0 Å². The molecule has 0 aromatic heterocycles. The summed E-state index contributed by atoms with van der Waals surface area (Å²) in [4.78, 5) is 0. The Balaban J connectivity index is 0.000000220. The highest BCUT2D eigenvalue weighted by molar-refractivity contribution is 5.36. The van der Waals surface area contributed by atoms with E-state index >= 15 is 0 Å². The third-order valence-corrected chi connectivity index (χ3v) is 6.44. The van der Waals surface area contributed by atoms with E-state index in [1.54, 1.807) is 12.1 Å². The summed E-state index contributed by atoms with van der Waals surface area (Å²) < 4.78 is 42.9. The van der Waals surface area contributed by atoms with Crippen LogP contribution in [0.5, 0.6) is 11.5 Å². The number of aliphatic hydroxyl groups is 3. The van der Waals surface area contributed by atoms with Gasteiger partial charge in [0.25, 0.3) is 0 Å². The second kappa shape index (κ2) is 14.2. The number of benzene rings is 3.